The number of carbonyl (C=O) groups is 1. The minimum Gasteiger partial charge on any atom is -0.489 e. The first-order valence-corrected chi connectivity index (χ1v) is 9.06. The molecule has 0 aromatic heterocycles. The Hall–Kier alpha value is -1.88. The van der Waals surface area contributed by atoms with Crippen LogP contribution >= 0.6 is 15.9 Å². The molecule has 0 N–H and O–H groups in total. The number of methoxy groups -OCH3 is 1. The first-order chi connectivity index (χ1) is 12.0. The molecule has 2 aromatic rings. The van der Waals surface area contributed by atoms with Crippen molar-refractivity contribution in [3.63, 3.8) is 0 Å². The fourth-order valence-corrected chi connectivity index (χ4v) is 3.61. The number of ether oxygens (including phenoxy) is 2. The third-order valence-corrected chi connectivity index (χ3v) is 5.46. The summed E-state index contributed by atoms with van der Waals surface area (Å²) in [7, 11) is 1.38. The quantitative estimate of drug-likeness (QED) is 0.622. The average molecular weight is 407 g/mol. The van der Waals surface area contributed by atoms with Crippen molar-refractivity contribution in [1.82, 2.24) is 0 Å². The Morgan fingerprint density at radius 2 is 1.96 bits per heavy atom. The molecule has 25 heavy (non-hydrogen) atoms. The van der Waals surface area contributed by atoms with Crippen molar-refractivity contribution in [2.24, 2.45) is 0 Å². The lowest BCUT2D eigenvalue weighted by Gasteiger charge is -2.42. The van der Waals surface area contributed by atoms with Crippen molar-refractivity contribution in [1.29, 1.82) is 0 Å². The van der Waals surface area contributed by atoms with E-state index >= 15 is 0 Å². The van der Waals surface area contributed by atoms with Crippen molar-refractivity contribution < 1.29 is 18.7 Å². The maximum absolute atomic E-state index is 14.2. The third-order valence-electron chi connectivity index (χ3n) is 4.85. The summed E-state index contributed by atoms with van der Waals surface area (Å²) in [6.07, 6.45) is 2.90. The Morgan fingerprint density at radius 3 is 2.56 bits per heavy atom. The van der Waals surface area contributed by atoms with Gasteiger partial charge in [-0.05, 0) is 46.5 Å². The fraction of sp³-hybridized carbons (Fsp3) is 0.350. The van der Waals surface area contributed by atoms with Crippen LogP contribution in [0.25, 0.3) is 0 Å². The molecule has 1 aliphatic carbocycles. The standard InChI is InChI=1S/C20H20BrFO3/c1-24-19(23)12-20(8-5-9-20)15-10-17(22)16(21)11-18(15)25-13-14-6-3-2-4-7-14/h2-4,6-7,10-11H,5,8-9,12-13H2,1H3. The van der Waals surface area contributed by atoms with Crippen LogP contribution in [0, 0.1) is 5.82 Å². The Balaban J connectivity index is 1.91. The van der Waals surface area contributed by atoms with Crippen LogP contribution in [0.5, 0.6) is 5.75 Å². The van der Waals surface area contributed by atoms with Crippen molar-refractivity contribution >= 4 is 21.9 Å². The van der Waals surface area contributed by atoms with Crippen LogP contribution in [0.1, 0.15) is 36.8 Å². The molecule has 0 bridgehead atoms. The molecular formula is C20H20BrFO3. The van der Waals surface area contributed by atoms with Gasteiger partial charge in [-0.3, -0.25) is 4.79 Å². The Morgan fingerprint density at radius 1 is 1.24 bits per heavy atom. The SMILES string of the molecule is COC(=O)CC1(c2cc(F)c(Br)cc2OCc2ccccc2)CCC1. The summed E-state index contributed by atoms with van der Waals surface area (Å²) >= 11 is 3.23. The Bertz CT molecular complexity index is 757. The molecule has 0 atom stereocenters. The summed E-state index contributed by atoms with van der Waals surface area (Å²) < 4.78 is 25.4. The lowest BCUT2D eigenvalue weighted by molar-refractivity contribution is -0.143. The van der Waals surface area contributed by atoms with Gasteiger partial charge >= 0.3 is 5.97 Å². The fourth-order valence-electron chi connectivity index (χ4n) is 3.29. The smallest absolute Gasteiger partial charge is 0.306 e. The molecule has 1 aliphatic rings. The highest BCUT2D eigenvalue weighted by Gasteiger charge is 2.43. The van der Waals surface area contributed by atoms with Crippen LogP contribution in [0.4, 0.5) is 4.39 Å². The predicted molar refractivity (Wildman–Crippen MR) is 97.0 cm³/mol. The van der Waals surface area contributed by atoms with E-state index in [4.69, 9.17) is 9.47 Å². The number of esters is 1. The van der Waals surface area contributed by atoms with E-state index in [1.54, 1.807) is 6.07 Å². The Labute approximate surface area is 155 Å². The van der Waals surface area contributed by atoms with E-state index in [0.717, 1.165) is 30.4 Å². The summed E-state index contributed by atoms with van der Waals surface area (Å²) in [5, 5.41) is 0. The average Bonchev–Trinajstić information content (AvgIpc) is 2.59. The zero-order chi connectivity index (χ0) is 17.9. The second kappa shape index (κ2) is 7.56. The first-order valence-electron chi connectivity index (χ1n) is 8.27. The van der Waals surface area contributed by atoms with Gasteiger partial charge in [0, 0.05) is 11.0 Å². The molecule has 1 fully saturated rings. The van der Waals surface area contributed by atoms with Crippen LogP contribution in [-0.4, -0.2) is 13.1 Å². The van der Waals surface area contributed by atoms with E-state index in [1.807, 2.05) is 30.3 Å². The molecule has 0 spiro atoms. The molecule has 5 heteroatoms. The molecule has 2 aromatic carbocycles. The lowest BCUT2D eigenvalue weighted by Crippen LogP contribution is -2.37. The molecular weight excluding hydrogens is 387 g/mol. The third kappa shape index (κ3) is 3.87. The monoisotopic (exact) mass is 406 g/mol. The van der Waals surface area contributed by atoms with Gasteiger partial charge in [-0.15, -0.1) is 0 Å². The van der Waals surface area contributed by atoms with Crippen LogP contribution in [0.2, 0.25) is 0 Å². The van der Waals surface area contributed by atoms with Gasteiger partial charge in [-0.1, -0.05) is 36.8 Å². The minimum atomic E-state index is -0.402. The van der Waals surface area contributed by atoms with Crippen LogP contribution in [0.3, 0.4) is 0 Å². The van der Waals surface area contributed by atoms with E-state index < -0.39 is 5.41 Å². The van der Waals surface area contributed by atoms with E-state index in [9.17, 15) is 9.18 Å². The van der Waals surface area contributed by atoms with Gasteiger partial charge in [-0.25, -0.2) is 4.39 Å². The van der Waals surface area contributed by atoms with Gasteiger partial charge in [0.2, 0.25) is 0 Å². The van der Waals surface area contributed by atoms with Gasteiger partial charge in [0.25, 0.3) is 0 Å². The van der Waals surface area contributed by atoms with E-state index in [-0.39, 0.29) is 18.2 Å². The second-order valence-electron chi connectivity index (χ2n) is 6.42. The lowest BCUT2D eigenvalue weighted by atomic mass is 9.62. The second-order valence-corrected chi connectivity index (χ2v) is 7.28. The summed E-state index contributed by atoms with van der Waals surface area (Å²) in [6, 6.07) is 13.0. The van der Waals surface area contributed by atoms with Gasteiger partial charge in [0.05, 0.1) is 18.0 Å². The number of carbonyl (C=O) groups excluding carboxylic acids is 1. The van der Waals surface area contributed by atoms with E-state index in [1.165, 1.54) is 13.2 Å². The largest absolute Gasteiger partial charge is 0.489 e. The minimum absolute atomic E-state index is 0.242. The van der Waals surface area contributed by atoms with Crippen molar-refractivity contribution in [2.45, 2.75) is 37.7 Å². The normalized spacial score (nSPS) is 15.3. The Kier molecular flexibility index (Phi) is 5.42. The molecule has 0 amide bonds. The van der Waals surface area contributed by atoms with Crippen LogP contribution < -0.4 is 4.74 Å². The highest BCUT2D eigenvalue weighted by molar-refractivity contribution is 9.10. The molecule has 0 aliphatic heterocycles. The van der Waals surface area contributed by atoms with Gasteiger partial charge in [0.1, 0.15) is 18.2 Å². The summed E-state index contributed by atoms with van der Waals surface area (Å²) in [5.74, 6) is -0.0176. The van der Waals surface area contributed by atoms with Crippen LogP contribution in [-0.2, 0) is 21.6 Å². The van der Waals surface area contributed by atoms with Gasteiger partial charge in [-0.2, -0.15) is 0 Å². The van der Waals surface area contributed by atoms with Crippen LogP contribution in [0.15, 0.2) is 46.9 Å². The molecule has 3 nitrogen and oxygen atoms in total. The zero-order valence-corrected chi connectivity index (χ0v) is 15.6. The number of rotatable bonds is 6. The van der Waals surface area contributed by atoms with Crippen molar-refractivity contribution in [3.05, 3.63) is 63.9 Å². The van der Waals surface area contributed by atoms with E-state index in [0.29, 0.717) is 16.8 Å². The van der Waals surface area contributed by atoms with Crippen molar-refractivity contribution in [2.75, 3.05) is 7.11 Å². The highest BCUT2D eigenvalue weighted by atomic mass is 79.9. The molecule has 3 rings (SSSR count). The predicted octanol–water partition coefficient (Wildman–Crippen LogP) is 5.15. The molecule has 0 saturated heterocycles. The number of halogens is 2. The summed E-state index contributed by atoms with van der Waals surface area (Å²) in [6.45, 7) is 0.389. The molecule has 1 saturated carbocycles. The number of hydrogen-bond donors (Lipinski definition) is 0. The van der Waals surface area contributed by atoms with Crippen molar-refractivity contribution in [3.8, 4) is 5.75 Å². The highest BCUT2D eigenvalue weighted by Crippen LogP contribution is 2.50. The topological polar surface area (TPSA) is 35.5 Å². The maximum atomic E-state index is 14.2. The summed E-state index contributed by atoms with van der Waals surface area (Å²) in [4.78, 5) is 11.9. The number of hydrogen-bond acceptors (Lipinski definition) is 3. The summed E-state index contributed by atoms with van der Waals surface area (Å²) in [5.41, 5.74) is 1.38. The van der Waals surface area contributed by atoms with Gasteiger partial charge in [0.15, 0.2) is 0 Å². The van der Waals surface area contributed by atoms with E-state index in [2.05, 4.69) is 15.9 Å². The number of benzene rings is 2. The van der Waals surface area contributed by atoms with Gasteiger partial charge < -0.3 is 9.47 Å². The first kappa shape index (κ1) is 17.9. The maximum Gasteiger partial charge on any atom is 0.306 e. The molecule has 132 valence electrons. The molecule has 0 radical (unpaired) electrons. The molecule has 0 unspecified atom stereocenters. The molecule has 0 heterocycles. The zero-order valence-electron chi connectivity index (χ0n) is 14.1.